The molecule has 0 unspecified atom stereocenters. The Morgan fingerprint density at radius 1 is 1.28 bits per heavy atom. The minimum absolute atomic E-state index is 0.0522. The molecule has 0 spiro atoms. The first kappa shape index (κ1) is 14.0. The van der Waals surface area contributed by atoms with Gasteiger partial charge in [0.25, 0.3) is 10.0 Å². The maximum Gasteiger partial charge on any atom is 0.321 e. The van der Waals surface area contributed by atoms with Gasteiger partial charge in [0.05, 0.1) is 4.90 Å². The van der Waals surface area contributed by atoms with E-state index < -0.39 is 10.0 Å². The van der Waals surface area contributed by atoms with E-state index in [1.807, 2.05) is 0 Å². The number of sulfonamides is 1. The third kappa shape index (κ3) is 2.98. The molecule has 0 atom stereocenters. The second kappa shape index (κ2) is 5.50. The molecule has 7 nitrogen and oxygen atoms in total. The number of urea groups is 1. The third-order valence-corrected chi connectivity index (χ3v) is 3.56. The van der Waals surface area contributed by atoms with Crippen molar-refractivity contribution in [2.24, 2.45) is 0 Å². The average Bonchev–Trinajstić information content (AvgIpc) is 2.37. The van der Waals surface area contributed by atoms with Crippen LogP contribution < -0.4 is 14.9 Å². The molecule has 0 aliphatic heterocycles. The maximum absolute atomic E-state index is 11.5. The fourth-order valence-corrected chi connectivity index (χ4v) is 2.02. The highest BCUT2D eigenvalue weighted by Crippen LogP contribution is 2.16. The largest absolute Gasteiger partial charge is 0.341 e. The van der Waals surface area contributed by atoms with E-state index in [2.05, 4.69) is 5.32 Å². The zero-order valence-electron chi connectivity index (χ0n) is 9.88. The Hall–Kier alpha value is -2.09. The molecule has 0 aliphatic carbocycles. The average molecular weight is 271 g/mol. The number of benzene rings is 1. The molecule has 3 amide bonds. The van der Waals surface area contributed by atoms with E-state index >= 15 is 0 Å². The van der Waals surface area contributed by atoms with Gasteiger partial charge in [-0.3, -0.25) is 14.4 Å². The summed E-state index contributed by atoms with van der Waals surface area (Å²) < 4.78 is 24.7. The molecule has 0 saturated heterocycles. The number of hydrogen-bond donors (Lipinski definition) is 2. The minimum Gasteiger partial charge on any atom is -0.341 e. The molecule has 0 heterocycles. The van der Waals surface area contributed by atoms with Gasteiger partial charge in [-0.1, -0.05) is 0 Å². The van der Waals surface area contributed by atoms with Gasteiger partial charge >= 0.3 is 6.03 Å². The number of rotatable bonds is 4. The zero-order valence-corrected chi connectivity index (χ0v) is 10.7. The summed E-state index contributed by atoms with van der Waals surface area (Å²) in [6.07, 6.45) is 0.0971. The van der Waals surface area contributed by atoms with Crippen molar-refractivity contribution < 1.29 is 18.0 Å². The van der Waals surface area contributed by atoms with Crippen LogP contribution in [0.3, 0.4) is 0 Å². The predicted molar refractivity (Wildman–Crippen MR) is 65.7 cm³/mol. The Kier molecular flexibility index (Phi) is 4.27. The number of carbonyl (C=O) groups excluding carboxylic acids is 2. The Balaban J connectivity index is 3.00. The molecule has 98 valence electrons. The lowest BCUT2D eigenvalue weighted by Gasteiger charge is -2.16. The van der Waals surface area contributed by atoms with Crippen LogP contribution in [0.1, 0.15) is 0 Å². The van der Waals surface area contributed by atoms with Crippen LogP contribution in [-0.2, 0) is 14.8 Å². The first-order valence-corrected chi connectivity index (χ1v) is 6.42. The van der Waals surface area contributed by atoms with Gasteiger partial charge in [-0.15, -0.1) is 0 Å². The molecule has 0 aliphatic rings. The summed E-state index contributed by atoms with van der Waals surface area (Å²) in [4.78, 5) is 22.8. The third-order valence-electron chi connectivity index (χ3n) is 2.26. The fourth-order valence-electron chi connectivity index (χ4n) is 1.27. The van der Waals surface area contributed by atoms with Crippen LogP contribution in [0, 0.1) is 0 Å². The van der Waals surface area contributed by atoms with Crippen LogP contribution in [0.15, 0.2) is 29.2 Å². The lowest BCUT2D eigenvalue weighted by Crippen LogP contribution is -2.34. The number of hydrogen-bond acceptors (Lipinski definition) is 4. The van der Waals surface area contributed by atoms with Crippen molar-refractivity contribution in [1.29, 1.82) is 0 Å². The summed E-state index contributed by atoms with van der Waals surface area (Å²) in [5, 5.41) is 2.44. The van der Waals surface area contributed by atoms with Crippen molar-refractivity contribution in [3.05, 3.63) is 24.3 Å². The van der Waals surface area contributed by atoms with E-state index in [4.69, 9.17) is 0 Å². The van der Waals surface area contributed by atoms with Gasteiger partial charge in [0.15, 0.2) is 0 Å². The van der Waals surface area contributed by atoms with Crippen molar-refractivity contribution in [3.8, 4) is 0 Å². The SMILES string of the molecule is CNC(=O)N(C)c1ccc(S(=O)(=O)NC=O)cc1. The number of nitrogens with one attached hydrogen (secondary N) is 2. The molecule has 1 aromatic carbocycles. The maximum atomic E-state index is 11.5. The van der Waals surface area contributed by atoms with Crippen molar-refractivity contribution in [2.75, 3.05) is 19.0 Å². The second-order valence-electron chi connectivity index (χ2n) is 3.35. The fraction of sp³-hybridized carbons (Fsp3) is 0.200. The monoisotopic (exact) mass is 271 g/mol. The Morgan fingerprint density at radius 3 is 2.28 bits per heavy atom. The number of anilines is 1. The molecule has 18 heavy (non-hydrogen) atoms. The topological polar surface area (TPSA) is 95.6 Å². The van der Waals surface area contributed by atoms with Crippen molar-refractivity contribution in [3.63, 3.8) is 0 Å². The van der Waals surface area contributed by atoms with Crippen LogP contribution in [0.5, 0.6) is 0 Å². The van der Waals surface area contributed by atoms with Crippen molar-refractivity contribution in [1.82, 2.24) is 10.0 Å². The first-order chi connectivity index (χ1) is 8.42. The summed E-state index contributed by atoms with van der Waals surface area (Å²) in [7, 11) is -0.776. The van der Waals surface area contributed by atoms with E-state index in [-0.39, 0.29) is 17.3 Å². The van der Waals surface area contributed by atoms with Crippen molar-refractivity contribution >= 4 is 28.2 Å². The number of nitrogens with zero attached hydrogens (tertiary/aromatic N) is 1. The van der Waals surface area contributed by atoms with E-state index in [1.54, 1.807) is 11.8 Å². The molecule has 0 fully saturated rings. The Morgan fingerprint density at radius 2 is 1.83 bits per heavy atom. The smallest absolute Gasteiger partial charge is 0.321 e. The molecular weight excluding hydrogens is 258 g/mol. The molecule has 1 rings (SSSR count). The lowest BCUT2D eigenvalue weighted by molar-refractivity contribution is -0.108. The van der Waals surface area contributed by atoms with E-state index in [9.17, 15) is 18.0 Å². The molecule has 0 bridgehead atoms. The summed E-state index contributed by atoms with van der Waals surface area (Å²) in [6, 6.07) is 5.22. The van der Waals surface area contributed by atoms with Crippen LogP contribution in [0.2, 0.25) is 0 Å². The standard InChI is InChI=1S/C10H13N3O4S/c1-11-10(15)13(2)8-3-5-9(6-4-8)18(16,17)12-7-14/h3-7H,1-2H3,(H,11,15)(H,12,14). The van der Waals surface area contributed by atoms with Gasteiger partial charge < -0.3 is 5.32 Å². The van der Waals surface area contributed by atoms with E-state index in [0.29, 0.717) is 5.69 Å². The zero-order chi connectivity index (χ0) is 13.8. The molecule has 1 aromatic rings. The molecule has 0 aromatic heterocycles. The normalized spacial score (nSPS) is 10.6. The Bertz CT molecular complexity index is 539. The highest BCUT2D eigenvalue weighted by molar-refractivity contribution is 7.90. The first-order valence-electron chi connectivity index (χ1n) is 4.94. The highest BCUT2D eigenvalue weighted by Gasteiger charge is 2.14. The van der Waals surface area contributed by atoms with Crippen LogP contribution in [-0.4, -0.2) is 35.0 Å². The molecule has 0 saturated carbocycles. The van der Waals surface area contributed by atoms with Gasteiger partial charge in [-0.2, -0.15) is 0 Å². The second-order valence-corrected chi connectivity index (χ2v) is 5.06. The van der Waals surface area contributed by atoms with Crippen LogP contribution >= 0.6 is 0 Å². The molecular formula is C10H13N3O4S. The molecule has 0 radical (unpaired) electrons. The predicted octanol–water partition coefficient (Wildman–Crippen LogP) is -0.103. The summed E-state index contributed by atoms with van der Waals surface area (Å²) in [6.45, 7) is 0. The van der Waals surface area contributed by atoms with Crippen molar-refractivity contribution in [2.45, 2.75) is 4.90 Å². The Labute approximate surface area is 105 Å². The molecule has 2 N–H and O–H groups in total. The summed E-state index contributed by atoms with van der Waals surface area (Å²) in [5.41, 5.74) is 0.527. The van der Waals surface area contributed by atoms with Gasteiger partial charge in [0, 0.05) is 19.8 Å². The van der Waals surface area contributed by atoms with Crippen LogP contribution in [0.25, 0.3) is 0 Å². The quantitative estimate of drug-likeness (QED) is 0.747. The highest BCUT2D eigenvalue weighted by atomic mass is 32.2. The number of amides is 3. The minimum atomic E-state index is -3.82. The van der Waals surface area contributed by atoms with Gasteiger partial charge in [-0.25, -0.2) is 13.2 Å². The summed E-state index contributed by atoms with van der Waals surface area (Å²) >= 11 is 0. The lowest BCUT2D eigenvalue weighted by atomic mass is 10.3. The van der Waals surface area contributed by atoms with E-state index in [1.165, 1.54) is 36.2 Å². The molecule has 8 heteroatoms. The van der Waals surface area contributed by atoms with E-state index in [0.717, 1.165) is 0 Å². The van der Waals surface area contributed by atoms with Crippen LogP contribution in [0.4, 0.5) is 10.5 Å². The van der Waals surface area contributed by atoms with Gasteiger partial charge in [0.2, 0.25) is 6.41 Å². The number of carbonyl (C=O) groups is 2. The summed E-state index contributed by atoms with van der Waals surface area (Å²) in [5.74, 6) is 0. The van der Waals surface area contributed by atoms with Gasteiger partial charge in [-0.05, 0) is 24.3 Å². The van der Waals surface area contributed by atoms with Gasteiger partial charge in [0.1, 0.15) is 0 Å².